The number of amides is 1. The quantitative estimate of drug-likeness (QED) is 0.707. The van der Waals surface area contributed by atoms with Gasteiger partial charge < -0.3 is 15.0 Å². The third kappa shape index (κ3) is 3.92. The summed E-state index contributed by atoms with van der Waals surface area (Å²) in [5.74, 6) is -0.979. The first kappa shape index (κ1) is 16.8. The number of nitrogens with one attached hydrogen (secondary N) is 1. The molecule has 0 bridgehead atoms. The van der Waals surface area contributed by atoms with E-state index in [1.807, 2.05) is 37.2 Å². The van der Waals surface area contributed by atoms with Gasteiger partial charge in [0.2, 0.25) is 0 Å². The average molecular weight is 356 g/mol. The van der Waals surface area contributed by atoms with Crippen LogP contribution in [0.1, 0.15) is 10.4 Å². The van der Waals surface area contributed by atoms with Gasteiger partial charge >= 0.3 is 5.97 Å². The van der Waals surface area contributed by atoms with Gasteiger partial charge in [-0.05, 0) is 36.4 Å². The summed E-state index contributed by atoms with van der Waals surface area (Å²) in [6, 6.07) is 12.3. The van der Waals surface area contributed by atoms with Crippen molar-refractivity contribution in [1.29, 1.82) is 0 Å². The van der Waals surface area contributed by atoms with E-state index in [1.54, 1.807) is 24.3 Å². The number of fused-ring (bicyclic) bond motifs is 1. The fourth-order valence-corrected chi connectivity index (χ4v) is 2.75. The van der Waals surface area contributed by atoms with Crippen LogP contribution in [0.15, 0.2) is 42.5 Å². The molecule has 0 aliphatic rings. The van der Waals surface area contributed by atoms with Gasteiger partial charge in [-0.2, -0.15) is 8.75 Å². The van der Waals surface area contributed by atoms with Crippen LogP contribution in [-0.2, 0) is 9.53 Å². The first-order valence-corrected chi connectivity index (χ1v) is 8.23. The molecule has 0 atom stereocenters. The molecule has 25 heavy (non-hydrogen) atoms. The van der Waals surface area contributed by atoms with Gasteiger partial charge in [0.1, 0.15) is 11.0 Å². The largest absolute Gasteiger partial charge is 0.452 e. The number of ether oxygens (including phenoxy) is 1. The van der Waals surface area contributed by atoms with E-state index in [2.05, 4.69) is 14.1 Å². The molecule has 0 saturated carbocycles. The summed E-state index contributed by atoms with van der Waals surface area (Å²) in [6.45, 7) is -0.373. The van der Waals surface area contributed by atoms with Gasteiger partial charge in [-0.1, -0.05) is 6.07 Å². The summed E-state index contributed by atoms with van der Waals surface area (Å²) in [5, 5.41) is 2.68. The van der Waals surface area contributed by atoms with Crippen LogP contribution in [0.25, 0.3) is 11.0 Å². The van der Waals surface area contributed by atoms with Gasteiger partial charge in [0, 0.05) is 19.8 Å². The molecule has 0 saturated heterocycles. The van der Waals surface area contributed by atoms with Crippen molar-refractivity contribution < 1.29 is 14.3 Å². The molecule has 3 rings (SSSR count). The Kier molecular flexibility index (Phi) is 4.90. The smallest absolute Gasteiger partial charge is 0.338 e. The Morgan fingerprint density at radius 1 is 1.12 bits per heavy atom. The number of rotatable bonds is 5. The van der Waals surface area contributed by atoms with E-state index in [1.165, 1.54) is 0 Å². The third-order valence-corrected chi connectivity index (χ3v) is 4.06. The molecule has 0 fully saturated rings. The summed E-state index contributed by atoms with van der Waals surface area (Å²) < 4.78 is 13.3. The molecule has 1 heterocycles. The standard InChI is InChI=1S/C17H16N4O3S/c1-21(2)12-8-6-11(7-9-12)17(23)24-10-15(22)18-13-4-3-5-14-16(13)20-25-19-14/h3-9H,10H2,1-2H3,(H,18,22). The van der Waals surface area contributed by atoms with Crippen molar-refractivity contribution in [2.45, 2.75) is 0 Å². The second-order valence-electron chi connectivity index (χ2n) is 5.50. The molecule has 1 aromatic heterocycles. The van der Waals surface area contributed by atoms with Crippen molar-refractivity contribution in [2.75, 3.05) is 30.9 Å². The second kappa shape index (κ2) is 7.27. The zero-order chi connectivity index (χ0) is 17.8. The maximum atomic E-state index is 12.0. The number of carbonyl (C=O) groups is 2. The van der Waals surface area contributed by atoms with Gasteiger partial charge in [0.25, 0.3) is 5.91 Å². The Hall–Kier alpha value is -3.00. The Labute approximate surface area is 148 Å². The first-order valence-electron chi connectivity index (χ1n) is 7.50. The fraction of sp³-hybridized carbons (Fsp3) is 0.176. The summed E-state index contributed by atoms with van der Waals surface area (Å²) in [6.07, 6.45) is 0. The monoisotopic (exact) mass is 356 g/mol. The topological polar surface area (TPSA) is 84.4 Å². The van der Waals surface area contributed by atoms with E-state index in [-0.39, 0.29) is 6.61 Å². The fourth-order valence-electron chi connectivity index (χ4n) is 2.20. The van der Waals surface area contributed by atoms with E-state index in [9.17, 15) is 9.59 Å². The zero-order valence-corrected chi connectivity index (χ0v) is 14.5. The molecule has 0 unspecified atom stereocenters. The van der Waals surface area contributed by atoms with E-state index in [0.717, 1.165) is 17.4 Å². The predicted octanol–water partition coefficient (Wildman–Crippen LogP) is 2.55. The molecule has 0 radical (unpaired) electrons. The van der Waals surface area contributed by atoms with Crippen LogP contribution >= 0.6 is 11.7 Å². The van der Waals surface area contributed by atoms with Crippen LogP contribution < -0.4 is 10.2 Å². The van der Waals surface area contributed by atoms with Crippen LogP contribution in [0.4, 0.5) is 11.4 Å². The lowest BCUT2D eigenvalue weighted by molar-refractivity contribution is -0.119. The average Bonchev–Trinajstić information content (AvgIpc) is 3.09. The van der Waals surface area contributed by atoms with Crippen molar-refractivity contribution in [3.63, 3.8) is 0 Å². The minimum Gasteiger partial charge on any atom is -0.452 e. The third-order valence-electron chi connectivity index (χ3n) is 3.51. The number of anilines is 2. The zero-order valence-electron chi connectivity index (χ0n) is 13.7. The number of esters is 1. The molecule has 2 aromatic carbocycles. The highest BCUT2D eigenvalue weighted by atomic mass is 32.1. The molecule has 0 aliphatic heterocycles. The Morgan fingerprint density at radius 2 is 1.88 bits per heavy atom. The molecule has 1 amide bonds. The van der Waals surface area contributed by atoms with Crippen LogP contribution in [0.3, 0.4) is 0 Å². The van der Waals surface area contributed by atoms with Crippen molar-refractivity contribution in [3.8, 4) is 0 Å². The predicted molar refractivity (Wildman–Crippen MR) is 97.1 cm³/mol. The lowest BCUT2D eigenvalue weighted by Gasteiger charge is -2.12. The normalized spacial score (nSPS) is 10.5. The highest BCUT2D eigenvalue weighted by Crippen LogP contribution is 2.21. The maximum absolute atomic E-state index is 12.0. The van der Waals surface area contributed by atoms with E-state index >= 15 is 0 Å². The van der Waals surface area contributed by atoms with Gasteiger partial charge in [0.05, 0.1) is 23.0 Å². The van der Waals surface area contributed by atoms with Crippen molar-refractivity contribution in [2.24, 2.45) is 0 Å². The van der Waals surface area contributed by atoms with E-state index < -0.39 is 11.9 Å². The van der Waals surface area contributed by atoms with E-state index in [0.29, 0.717) is 22.3 Å². The van der Waals surface area contributed by atoms with Gasteiger partial charge in [-0.25, -0.2) is 4.79 Å². The minimum absolute atomic E-state index is 0.373. The number of hydrogen-bond donors (Lipinski definition) is 1. The minimum atomic E-state index is -0.547. The number of nitrogens with zero attached hydrogens (tertiary/aromatic N) is 3. The molecule has 0 spiro atoms. The Bertz CT molecular complexity index is 906. The highest BCUT2D eigenvalue weighted by molar-refractivity contribution is 7.00. The molecule has 128 valence electrons. The van der Waals surface area contributed by atoms with Crippen molar-refractivity contribution in [1.82, 2.24) is 8.75 Å². The summed E-state index contributed by atoms with van der Waals surface area (Å²) >= 11 is 1.07. The lowest BCUT2D eigenvalue weighted by atomic mass is 10.2. The van der Waals surface area contributed by atoms with Crippen LogP contribution in [0.2, 0.25) is 0 Å². The molecule has 8 heteroatoms. The molecular weight excluding hydrogens is 340 g/mol. The first-order chi connectivity index (χ1) is 12.0. The Morgan fingerprint density at radius 3 is 2.60 bits per heavy atom. The number of benzene rings is 2. The Balaban J connectivity index is 1.58. The molecule has 0 aliphatic carbocycles. The van der Waals surface area contributed by atoms with Crippen molar-refractivity contribution in [3.05, 3.63) is 48.0 Å². The summed E-state index contributed by atoms with van der Waals surface area (Å²) in [7, 11) is 3.83. The number of carbonyl (C=O) groups excluding carboxylic acids is 2. The molecule has 7 nitrogen and oxygen atoms in total. The van der Waals surface area contributed by atoms with Crippen LogP contribution in [0, 0.1) is 0 Å². The summed E-state index contributed by atoms with van der Waals surface area (Å²) in [5.41, 5.74) is 3.23. The van der Waals surface area contributed by atoms with Crippen molar-refractivity contribution >= 4 is 46.0 Å². The molecule has 1 N–H and O–H groups in total. The lowest BCUT2D eigenvalue weighted by Crippen LogP contribution is -2.21. The number of hydrogen-bond acceptors (Lipinski definition) is 7. The van der Waals surface area contributed by atoms with Gasteiger partial charge in [-0.3, -0.25) is 4.79 Å². The van der Waals surface area contributed by atoms with Crippen LogP contribution in [-0.4, -0.2) is 41.3 Å². The highest BCUT2D eigenvalue weighted by Gasteiger charge is 2.12. The van der Waals surface area contributed by atoms with Crippen LogP contribution in [0.5, 0.6) is 0 Å². The molecular formula is C17H16N4O3S. The SMILES string of the molecule is CN(C)c1ccc(C(=O)OCC(=O)Nc2cccc3nsnc23)cc1. The summed E-state index contributed by atoms with van der Waals surface area (Å²) in [4.78, 5) is 26.0. The maximum Gasteiger partial charge on any atom is 0.338 e. The number of aromatic nitrogens is 2. The molecule has 3 aromatic rings. The second-order valence-corrected chi connectivity index (χ2v) is 6.03. The van der Waals surface area contributed by atoms with E-state index in [4.69, 9.17) is 4.74 Å². The van der Waals surface area contributed by atoms with Gasteiger partial charge in [-0.15, -0.1) is 0 Å². The van der Waals surface area contributed by atoms with Gasteiger partial charge in [0.15, 0.2) is 6.61 Å².